The molecule has 3 nitrogen and oxygen atoms in total. The molecule has 0 radical (unpaired) electrons. The van der Waals surface area contributed by atoms with Crippen LogP contribution < -0.4 is 4.74 Å². The quantitative estimate of drug-likeness (QED) is 0.782. The van der Waals surface area contributed by atoms with Gasteiger partial charge in [0.25, 0.3) is 0 Å². The zero-order valence-electron chi connectivity index (χ0n) is 8.97. The average Bonchev–Trinajstić information content (AvgIpc) is 2.37. The molecule has 0 bridgehead atoms. The van der Waals surface area contributed by atoms with Gasteiger partial charge in [-0.15, -0.1) is 4.91 Å². The predicted octanol–water partition coefficient (Wildman–Crippen LogP) is 4.43. The van der Waals surface area contributed by atoms with Gasteiger partial charge in [0.2, 0.25) is 0 Å². The Hall–Kier alpha value is -1.68. The average molecular weight is 292 g/mol. The maximum Gasteiger partial charge on any atom is 0.123 e. The Morgan fingerprint density at radius 2 is 1.88 bits per heavy atom. The molecule has 0 fully saturated rings. The minimum Gasteiger partial charge on any atom is -0.489 e. The van der Waals surface area contributed by atoms with Crippen molar-refractivity contribution in [3.05, 3.63) is 63.5 Å². The van der Waals surface area contributed by atoms with Gasteiger partial charge < -0.3 is 4.74 Å². The van der Waals surface area contributed by atoms with Crippen molar-refractivity contribution in [3.8, 4) is 5.75 Å². The molecule has 0 amide bonds. The summed E-state index contributed by atoms with van der Waals surface area (Å²) >= 11 is 3.30. The highest BCUT2D eigenvalue weighted by atomic mass is 79.9. The smallest absolute Gasteiger partial charge is 0.123 e. The van der Waals surface area contributed by atoms with Crippen molar-refractivity contribution in [2.45, 2.75) is 6.61 Å². The van der Waals surface area contributed by atoms with Gasteiger partial charge in [0.05, 0.1) is 0 Å². The van der Waals surface area contributed by atoms with E-state index in [0.717, 1.165) is 10.0 Å². The van der Waals surface area contributed by atoms with Gasteiger partial charge in [-0.3, -0.25) is 0 Å². The Balaban J connectivity index is 2.09. The molecule has 0 atom stereocenters. The van der Waals surface area contributed by atoms with Crippen LogP contribution in [0.3, 0.4) is 0 Å². The lowest BCUT2D eigenvalue weighted by atomic mass is 10.2. The van der Waals surface area contributed by atoms with Crippen LogP contribution in [0.15, 0.2) is 58.2 Å². The monoisotopic (exact) mass is 291 g/mol. The van der Waals surface area contributed by atoms with E-state index in [9.17, 15) is 4.91 Å². The van der Waals surface area contributed by atoms with Crippen LogP contribution >= 0.6 is 15.9 Å². The second kappa shape index (κ2) is 5.59. The van der Waals surface area contributed by atoms with Crippen molar-refractivity contribution in [1.82, 2.24) is 0 Å². The van der Waals surface area contributed by atoms with Gasteiger partial charge in [-0.05, 0) is 22.9 Å². The molecule has 2 aromatic rings. The molecule has 0 N–H and O–H groups in total. The Morgan fingerprint density at radius 3 is 2.59 bits per heavy atom. The Kier molecular flexibility index (Phi) is 3.88. The fraction of sp³-hybridized carbons (Fsp3) is 0.0769. The first-order valence-corrected chi connectivity index (χ1v) is 5.88. The van der Waals surface area contributed by atoms with Gasteiger partial charge in [0.15, 0.2) is 0 Å². The number of benzene rings is 2. The highest BCUT2D eigenvalue weighted by Crippen LogP contribution is 2.26. The van der Waals surface area contributed by atoms with Gasteiger partial charge in [-0.1, -0.05) is 46.3 Å². The summed E-state index contributed by atoms with van der Waals surface area (Å²) in [6.07, 6.45) is 0. The van der Waals surface area contributed by atoms with Gasteiger partial charge in [-0.2, -0.15) is 0 Å². The molecule has 0 unspecified atom stereocenters. The zero-order chi connectivity index (χ0) is 12.1. The van der Waals surface area contributed by atoms with E-state index in [0.29, 0.717) is 18.0 Å². The van der Waals surface area contributed by atoms with Crippen LogP contribution in [0.25, 0.3) is 0 Å². The summed E-state index contributed by atoms with van der Waals surface area (Å²) < 4.78 is 6.36. The van der Waals surface area contributed by atoms with E-state index in [1.165, 1.54) is 0 Å². The number of hydrogen-bond donors (Lipinski definition) is 0. The van der Waals surface area contributed by atoms with Gasteiger partial charge >= 0.3 is 0 Å². The van der Waals surface area contributed by atoms with Gasteiger partial charge in [-0.25, -0.2) is 0 Å². The number of halogens is 1. The summed E-state index contributed by atoms with van der Waals surface area (Å²) in [5, 5.41) is 2.89. The largest absolute Gasteiger partial charge is 0.489 e. The molecular formula is C13H10BrNO2. The third-order valence-corrected chi connectivity index (χ3v) is 2.67. The molecule has 0 aromatic heterocycles. The van der Waals surface area contributed by atoms with E-state index in [2.05, 4.69) is 21.1 Å². The first kappa shape index (κ1) is 11.8. The summed E-state index contributed by atoms with van der Waals surface area (Å²) in [6.45, 7) is 0.468. The van der Waals surface area contributed by atoms with Crippen LogP contribution in [-0.2, 0) is 6.61 Å². The highest BCUT2D eigenvalue weighted by molar-refractivity contribution is 9.10. The minimum absolute atomic E-state index is 0.349. The molecule has 0 aliphatic rings. The van der Waals surface area contributed by atoms with Crippen molar-refractivity contribution >= 4 is 21.6 Å². The molecule has 2 aromatic carbocycles. The van der Waals surface area contributed by atoms with Crippen LogP contribution in [-0.4, -0.2) is 0 Å². The maximum absolute atomic E-state index is 10.5. The first-order chi connectivity index (χ1) is 8.28. The summed E-state index contributed by atoms with van der Waals surface area (Å²) in [4.78, 5) is 10.5. The number of hydrogen-bond acceptors (Lipinski definition) is 3. The predicted molar refractivity (Wildman–Crippen MR) is 70.4 cm³/mol. The van der Waals surface area contributed by atoms with Gasteiger partial charge in [0.1, 0.15) is 18.0 Å². The van der Waals surface area contributed by atoms with Crippen molar-refractivity contribution in [3.63, 3.8) is 0 Å². The SMILES string of the molecule is O=Nc1cc(Br)cc(OCc2ccccc2)c1. The molecule has 17 heavy (non-hydrogen) atoms. The van der Waals surface area contributed by atoms with Gasteiger partial charge in [0, 0.05) is 10.5 Å². The number of nitrogens with zero attached hydrogens (tertiary/aromatic N) is 1. The number of rotatable bonds is 4. The Labute approximate surface area is 108 Å². The topological polar surface area (TPSA) is 38.7 Å². The molecule has 0 spiro atoms. The highest BCUT2D eigenvalue weighted by Gasteiger charge is 2.01. The first-order valence-electron chi connectivity index (χ1n) is 5.08. The fourth-order valence-electron chi connectivity index (χ4n) is 1.42. The summed E-state index contributed by atoms with van der Waals surface area (Å²) in [7, 11) is 0. The van der Waals surface area contributed by atoms with Crippen LogP contribution in [0.2, 0.25) is 0 Å². The normalized spacial score (nSPS) is 9.94. The number of nitroso groups, excluding NO2 is 1. The molecule has 86 valence electrons. The van der Waals surface area contributed by atoms with E-state index >= 15 is 0 Å². The lowest BCUT2D eigenvalue weighted by Gasteiger charge is -2.06. The van der Waals surface area contributed by atoms with E-state index in [1.807, 2.05) is 30.3 Å². The summed E-state index contributed by atoms with van der Waals surface area (Å²) in [5.41, 5.74) is 1.43. The molecule has 0 aliphatic carbocycles. The Bertz CT molecular complexity index is 514. The van der Waals surface area contributed by atoms with Crippen molar-refractivity contribution in [1.29, 1.82) is 0 Å². The third-order valence-electron chi connectivity index (χ3n) is 2.21. The molecule has 0 aliphatic heterocycles. The lowest BCUT2D eigenvalue weighted by molar-refractivity contribution is 0.306. The van der Waals surface area contributed by atoms with Crippen molar-refractivity contribution < 1.29 is 4.74 Å². The van der Waals surface area contributed by atoms with Crippen molar-refractivity contribution in [2.24, 2.45) is 5.18 Å². The molecule has 0 heterocycles. The summed E-state index contributed by atoms with van der Waals surface area (Å²) in [6, 6.07) is 14.9. The van der Waals surface area contributed by atoms with E-state index in [-0.39, 0.29) is 0 Å². The standard InChI is InChI=1S/C13H10BrNO2/c14-11-6-12(15-16)8-13(7-11)17-9-10-4-2-1-3-5-10/h1-8H,9H2. The molecule has 0 saturated carbocycles. The molecule has 4 heteroatoms. The molecule has 2 rings (SSSR count). The minimum atomic E-state index is 0.349. The fourth-order valence-corrected chi connectivity index (χ4v) is 1.89. The van der Waals surface area contributed by atoms with Crippen LogP contribution in [0.4, 0.5) is 5.69 Å². The van der Waals surface area contributed by atoms with Crippen LogP contribution in [0, 0.1) is 4.91 Å². The van der Waals surface area contributed by atoms with Crippen LogP contribution in [0.1, 0.15) is 5.56 Å². The summed E-state index contributed by atoms with van der Waals surface area (Å²) in [5.74, 6) is 0.623. The molecular weight excluding hydrogens is 282 g/mol. The molecule has 0 saturated heterocycles. The van der Waals surface area contributed by atoms with E-state index < -0.39 is 0 Å². The lowest BCUT2D eigenvalue weighted by Crippen LogP contribution is -1.94. The second-order valence-corrected chi connectivity index (χ2v) is 4.43. The zero-order valence-corrected chi connectivity index (χ0v) is 10.6. The third kappa shape index (κ3) is 3.39. The van der Waals surface area contributed by atoms with E-state index in [4.69, 9.17) is 4.74 Å². The Morgan fingerprint density at radius 1 is 1.12 bits per heavy atom. The van der Waals surface area contributed by atoms with E-state index in [1.54, 1.807) is 18.2 Å². The second-order valence-electron chi connectivity index (χ2n) is 3.51. The number of ether oxygens (including phenoxy) is 1. The maximum atomic E-state index is 10.5. The van der Waals surface area contributed by atoms with Crippen molar-refractivity contribution in [2.75, 3.05) is 0 Å². The van der Waals surface area contributed by atoms with Crippen LogP contribution in [0.5, 0.6) is 5.75 Å².